The Balaban J connectivity index is 1.50. The second-order valence-corrected chi connectivity index (χ2v) is 8.83. The van der Waals surface area contributed by atoms with Gasteiger partial charge < -0.3 is 19.9 Å². The summed E-state index contributed by atoms with van der Waals surface area (Å²) in [5.74, 6) is 0.659. The molecule has 3 aromatic heterocycles. The van der Waals surface area contributed by atoms with Gasteiger partial charge in [0.1, 0.15) is 11.4 Å². The molecule has 0 unspecified atom stereocenters. The van der Waals surface area contributed by atoms with Gasteiger partial charge in [0, 0.05) is 43.0 Å². The zero-order valence-electron chi connectivity index (χ0n) is 19.3. The van der Waals surface area contributed by atoms with E-state index in [-0.39, 0.29) is 11.6 Å². The van der Waals surface area contributed by atoms with E-state index in [0.29, 0.717) is 47.0 Å². The van der Waals surface area contributed by atoms with Crippen molar-refractivity contribution < 1.29 is 9.66 Å². The fraction of sp³-hybridized carbons (Fsp3) is 0.261. The molecule has 180 valence electrons. The Kier molecular flexibility index (Phi) is 5.87. The number of nitro groups is 1. The Morgan fingerprint density at radius 1 is 1.26 bits per heavy atom. The molecule has 5 rings (SSSR count). The first kappa shape index (κ1) is 22.8. The van der Waals surface area contributed by atoms with Gasteiger partial charge in [-0.15, -0.1) is 0 Å². The lowest BCUT2D eigenvalue weighted by Crippen LogP contribution is -2.57. The van der Waals surface area contributed by atoms with Crippen molar-refractivity contribution in [2.24, 2.45) is 0 Å². The average Bonchev–Trinajstić information content (AvgIpc) is 3.23. The number of nitrogens with one attached hydrogen (secondary N) is 1. The highest BCUT2D eigenvalue weighted by molar-refractivity contribution is 6.33. The van der Waals surface area contributed by atoms with E-state index in [0.717, 1.165) is 11.1 Å². The highest BCUT2D eigenvalue weighted by atomic mass is 35.5. The molecule has 0 spiro atoms. The lowest BCUT2D eigenvalue weighted by atomic mass is 10.1. The van der Waals surface area contributed by atoms with E-state index in [1.54, 1.807) is 16.8 Å². The van der Waals surface area contributed by atoms with Crippen LogP contribution in [0.2, 0.25) is 5.02 Å². The number of pyridine rings is 1. The van der Waals surface area contributed by atoms with Gasteiger partial charge in [0.05, 0.1) is 46.3 Å². The molecule has 0 bridgehead atoms. The lowest BCUT2D eigenvalue weighted by molar-refractivity contribution is -0.384. The van der Waals surface area contributed by atoms with Crippen LogP contribution in [0.5, 0.6) is 5.75 Å². The molecule has 0 aliphatic carbocycles. The van der Waals surface area contributed by atoms with Crippen molar-refractivity contribution in [3.63, 3.8) is 0 Å². The molecule has 0 atom stereocenters. The largest absolute Gasteiger partial charge is 0.494 e. The Labute approximate surface area is 206 Å². The number of fused-ring (bicyclic) bond motifs is 1. The number of nitrogens with zero attached hydrogens (tertiary/aromatic N) is 7. The van der Waals surface area contributed by atoms with Crippen molar-refractivity contribution in [3.8, 4) is 17.0 Å². The summed E-state index contributed by atoms with van der Waals surface area (Å²) in [4.78, 5) is 24.4. The van der Waals surface area contributed by atoms with Crippen LogP contribution in [0.1, 0.15) is 0 Å². The number of anilines is 3. The average molecular weight is 495 g/mol. The van der Waals surface area contributed by atoms with Gasteiger partial charge in [-0.3, -0.25) is 10.1 Å². The number of rotatable bonds is 7. The molecule has 1 fully saturated rings. The third-order valence-electron chi connectivity index (χ3n) is 6.10. The second kappa shape index (κ2) is 9.01. The fourth-order valence-electron chi connectivity index (χ4n) is 4.06. The smallest absolute Gasteiger partial charge is 0.294 e. The van der Waals surface area contributed by atoms with E-state index in [4.69, 9.17) is 16.3 Å². The van der Waals surface area contributed by atoms with Gasteiger partial charge in [0.2, 0.25) is 5.95 Å². The van der Waals surface area contributed by atoms with Crippen LogP contribution < -0.4 is 15.0 Å². The summed E-state index contributed by atoms with van der Waals surface area (Å²) < 4.78 is 7.28. The summed E-state index contributed by atoms with van der Waals surface area (Å²) in [6, 6.07) is 9.16. The molecule has 35 heavy (non-hydrogen) atoms. The van der Waals surface area contributed by atoms with Crippen molar-refractivity contribution in [1.82, 2.24) is 24.5 Å². The SMILES string of the molecule is COc1cc(N2CC(N(C)C)C2)c([N+](=O)[O-])cc1Nc1ncc(Cl)c(-c2cnn3ccccc23)n1. The van der Waals surface area contributed by atoms with Crippen molar-refractivity contribution in [3.05, 3.63) is 64.1 Å². The highest BCUT2D eigenvalue weighted by Crippen LogP contribution is 2.41. The Morgan fingerprint density at radius 3 is 2.77 bits per heavy atom. The summed E-state index contributed by atoms with van der Waals surface area (Å²) in [5.41, 5.74) is 2.93. The molecule has 1 saturated heterocycles. The van der Waals surface area contributed by atoms with Crippen LogP contribution in [-0.4, -0.2) is 69.7 Å². The number of likely N-dealkylation sites (N-methyl/N-ethyl adjacent to an activating group) is 1. The Morgan fingerprint density at radius 2 is 2.06 bits per heavy atom. The molecule has 11 nitrogen and oxygen atoms in total. The molecule has 4 heterocycles. The molecule has 1 aliphatic heterocycles. The van der Waals surface area contributed by atoms with Gasteiger partial charge in [0.15, 0.2) is 0 Å². The Hall–Kier alpha value is -3.96. The first-order chi connectivity index (χ1) is 16.9. The van der Waals surface area contributed by atoms with E-state index in [1.165, 1.54) is 19.4 Å². The minimum absolute atomic E-state index is 0.0256. The van der Waals surface area contributed by atoms with Crippen LogP contribution in [0.3, 0.4) is 0 Å². The van der Waals surface area contributed by atoms with Crippen molar-refractivity contribution in [2.45, 2.75) is 6.04 Å². The third-order valence-corrected chi connectivity index (χ3v) is 6.38. The van der Waals surface area contributed by atoms with E-state index >= 15 is 0 Å². The Bertz CT molecular complexity index is 1420. The van der Waals surface area contributed by atoms with Gasteiger partial charge in [-0.05, 0) is 26.2 Å². The summed E-state index contributed by atoms with van der Waals surface area (Å²) in [6.45, 7) is 1.40. The zero-order valence-corrected chi connectivity index (χ0v) is 20.1. The van der Waals surface area contributed by atoms with Crippen molar-refractivity contribution in [1.29, 1.82) is 0 Å². The molecule has 1 aromatic carbocycles. The minimum Gasteiger partial charge on any atom is -0.494 e. The van der Waals surface area contributed by atoms with E-state index in [9.17, 15) is 10.1 Å². The van der Waals surface area contributed by atoms with E-state index < -0.39 is 4.92 Å². The van der Waals surface area contributed by atoms with Crippen LogP contribution >= 0.6 is 11.6 Å². The molecule has 1 N–H and O–H groups in total. The molecular formula is C23H23ClN8O3. The molecule has 0 saturated carbocycles. The van der Waals surface area contributed by atoms with Crippen LogP contribution in [-0.2, 0) is 0 Å². The maximum Gasteiger partial charge on any atom is 0.294 e. The second-order valence-electron chi connectivity index (χ2n) is 8.42. The molecular weight excluding hydrogens is 472 g/mol. The first-order valence-electron chi connectivity index (χ1n) is 10.9. The maximum atomic E-state index is 11.9. The molecule has 0 radical (unpaired) electrons. The number of methoxy groups -OCH3 is 1. The molecule has 4 aromatic rings. The summed E-state index contributed by atoms with van der Waals surface area (Å²) >= 11 is 6.42. The third kappa shape index (κ3) is 4.19. The van der Waals surface area contributed by atoms with Gasteiger partial charge in [-0.1, -0.05) is 17.7 Å². The quantitative estimate of drug-likeness (QED) is 0.302. The topological polar surface area (TPSA) is 114 Å². The normalized spacial score (nSPS) is 13.8. The number of nitro benzene ring substituents is 1. The van der Waals surface area contributed by atoms with Crippen LogP contribution in [0.25, 0.3) is 16.8 Å². The van der Waals surface area contributed by atoms with Gasteiger partial charge >= 0.3 is 0 Å². The standard InChI is InChI=1S/C23H23ClN8O3/c1-29(2)14-12-30(13-14)19-9-21(35-3)17(8-20(19)32(33)34)27-23-25-11-16(24)22(28-23)15-10-26-31-7-5-4-6-18(15)31/h4-11,14H,12-13H2,1-3H3,(H,25,27,28). The molecule has 12 heteroatoms. The monoisotopic (exact) mass is 494 g/mol. The van der Waals surface area contributed by atoms with Gasteiger partial charge in [0.25, 0.3) is 5.69 Å². The highest BCUT2D eigenvalue weighted by Gasteiger charge is 2.33. The summed E-state index contributed by atoms with van der Waals surface area (Å²) in [6.07, 6.45) is 4.99. The van der Waals surface area contributed by atoms with Crippen molar-refractivity contribution >= 4 is 40.1 Å². The lowest BCUT2D eigenvalue weighted by Gasteiger charge is -2.44. The van der Waals surface area contributed by atoms with Crippen LogP contribution in [0, 0.1) is 10.1 Å². The fourth-order valence-corrected chi connectivity index (χ4v) is 4.25. The molecule has 0 amide bonds. The van der Waals surface area contributed by atoms with E-state index in [1.807, 2.05) is 43.4 Å². The zero-order chi connectivity index (χ0) is 24.7. The predicted molar refractivity (Wildman–Crippen MR) is 134 cm³/mol. The number of benzene rings is 1. The van der Waals surface area contributed by atoms with Gasteiger partial charge in [-0.2, -0.15) is 5.10 Å². The van der Waals surface area contributed by atoms with Crippen LogP contribution in [0.4, 0.5) is 23.0 Å². The van der Waals surface area contributed by atoms with Crippen molar-refractivity contribution in [2.75, 3.05) is 44.5 Å². The van der Waals surface area contributed by atoms with E-state index in [2.05, 4.69) is 25.3 Å². The summed E-state index contributed by atoms with van der Waals surface area (Å²) in [7, 11) is 5.51. The number of ether oxygens (including phenoxy) is 1. The number of aromatic nitrogens is 4. The number of halogens is 1. The van der Waals surface area contributed by atoms with Gasteiger partial charge in [-0.25, -0.2) is 14.5 Å². The maximum absolute atomic E-state index is 11.9. The first-order valence-corrected chi connectivity index (χ1v) is 11.2. The molecule has 1 aliphatic rings. The van der Waals surface area contributed by atoms with Crippen LogP contribution in [0.15, 0.2) is 48.9 Å². The minimum atomic E-state index is -0.393. The summed E-state index contributed by atoms with van der Waals surface area (Å²) in [5, 5.41) is 19.7. The number of hydrogen-bond donors (Lipinski definition) is 1. The predicted octanol–water partition coefficient (Wildman–Crippen LogP) is 3.86. The number of hydrogen-bond acceptors (Lipinski definition) is 9.